The van der Waals surface area contributed by atoms with Crippen LogP contribution in [0.2, 0.25) is 0 Å². The zero-order chi connectivity index (χ0) is 9.90. The van der Waals surface area contributed by atoms with Gasteiger partial charge in [0.2, 0.25) is 0 Å². The summed E-state index contributed by atoms with van der Waals surface area (Å²) < 4.78 is 0. The van der Waals surface area contributed by atoms with E-state index in [-0.39, 0.29) is 0 Å². The van der Waals surface area contributed by atoms with E-state index in [0.717, 1.165) is 6.54 Å². The fourth-order valence-corrected chi connectivity index (χ4v) is 2.11. The summed E-state index contributed by atoms with van der Waals surface area (Å²) in [6, 6.07) is 2.69. The lowest BCUT2D eigenvalue weighted by Crippen LogP contribution is -2.44. The van der Waals surface area contributed by atoms with E-state index >= 15 is 0 Å². The third kappa shape index (κ3) is 3.00. The third-order valence-corrected chi connectivity index (χ3v) is 2.94. The highest BCUT2D eigenvalue weighted by molar-refractivity contribution is 4.86. The molecule has 1 heterocycles. The molecule has 0 amide bonds. The molecule has 0 spiro atoms. The van der Waals surface area contributed by atoms with Crippen LogP contribution >= 0.6 is 0 Å². The minimum atomic E-state index is 0.435. The molecule has 2 heteroatoms. The number of likely N-dealkylation sites (tertiary alicyclic amines) is 1. The first kappa shape index (κ1) is 10.5. The van der Waals surface area contributed by atoms with Crippen molar-refractivity contribution in [2.24, 2.45) is 5.41 Å². The summed E-state index contributed by atoms with van der Waals surface area (Å²) in [6.45, 7) is 9.11. The van der Waals surface area contributed by atoms with E-state index in [2.05, 4.69) is 31.7 Å². The molecule has 1 aliphatic heterocycles. The molecule has 0 radical (unpaired) electrons. The molecule has 0 aromatic carbocycles. The standard InChI is InChI=1S/C11H20N2/c1-10(5-7-12)13-8-4-6-11(2,3)9-13/h10H,4-6,8-9H2,1-3H3. The molecule has 0 aromatic heterocycles. The maximum Gasteiger partial charge on any atom is 0.0638 e. The highest BCUT2D eigenvalue weighted by atomic mass is 15.2. The van der Waals surface area contributed by atoms with Gasteiger partial charge in [-0.2, -0.15) is 5.26 Å². The first-order valence-electron chi connectivity index (χ1n) is 5.16. The van der Waals surface area contributed by atoms with Gasteiger partial charge < -0.3 is 0 Å². The number of nitrogens with zero attached hydrogens (tertiary/aromatic N) is 2. The Kier molecular flexibility index (Phi) is 3.33. The molecule has 1 unspecified atom stereocenters. The largest absolute Gasteiger partial charge is 0.299 e. The van der Waals surface area contributed by atoms with Gasteiger partial charge >= 0.3 is 0 Å². The molecule has 1 rings (SSSR count). The molecule has 0 bridgehead atoms. The van der Waals surface area contributed by atoms with Crippen molar-refractivity contribution in [2.75, 3.05) is 13.1 Å². The quantitative estimate of drug-likeness (QED) is 0.652. The van der Waals surface area contributed by atoms with Crippen LogP contribution in [0.5, 0.6) is 0 Å². The molecule has 0 aromatic rings. The van der Waals surface area contributed by atoms with Crippen molar-refractivity contribution in [1.29, 1.82) is 5.26 Å². The molecule has 74 valence electrons. The maximum atomic E-state index is 8.62. The molecule has 1 fully saturated rings. The van der Waals surface area contributed by atoms with E-state index in [1.54, 1.807) is 0 Å². The average Bonchev–Trinajstić information content (AvgIpc) is 2.03. The molecule has 1 atom stereocenters. The molecular formula is C11H20N2. The first-order chi connectivity index (χ1) is 6.05. The lowest BCUT2D eigenvalue weighted by atomic mass is 9.83. The van der Waals surface area contributed by atoms with Crippen molar-refractivity contribution >= 4 is 0 Å². The predicted molar refractivity (Wildman–Crippen MR) is 54.3 cm³/mol. The van der Waals surface area contributed by atoms with Gasteiger partial charge in [0, 0.05) is 12.6 Å². The maximum absolute atomic E-state index is 8.62. The van der Waals surface area contributed by atoms with Gasteiger partial charge in [-0.15, -0.1) is 0 Å². The van der Waals surface area contributed by atoms with E-state index in [4.69, 9.17) is 5.26 Å². The fourth-order valence-electron chi connectivity index (χ4n) is 2.11. The number of rotatable bonds is 2. The van der Waals surface area contributed by atoms with Crippen LogP contribution in [-0.4, -0.2) is 24.0 Å². The Labute approximate surface area is 81.5 Å². The van der Waals surface area contributed by atoms with Gasteiger partial charge in [-0.05, 0) is 31.7 Å². The van der Waals surface area contributed by atoms with E-state index in [1.165, 1.54) is 19.4 Å². The highest BCUT2D eigenvalue weighted by Crippen LogP contribution is 2.29. The number of hydrogen-bond acceptors (Lipinski definition) is 2. The Balaban J connectivity index is 2.47. The van der Waals surface area contributed by atoms with Crippen LogP contribution in [0.1, 0.15) is 40.0 Å². The van der Waals surface area contributed by atoms with Gasteiger partial charge in [0.25, 0.3) is 0 Å². The third-order valence-electron chi connectivity index (χ3n) is 2.94. The van der Waals surface area contributed by atoms with Crippen LogP contribution in [0.3, 0.4) is 0 Å². The van der Waals surface area contributed by atoms with Gasteiger partial charge in [-0.25, -0.2) is 0 Å². The molecule has 2 nitrogen and oxygen atoms in total. The van der Waals surface area contributed by atoms with Crippen molar-refractivity contribution in [2.45, 2.75) is 46.1 Å². The van der Waals surface area contributed by atoms with Crippen molar-refractivity contribution in [1.82, 2.24) is 4.90 Å². The number of hydrogen-bond donors (Lipinski definition) is 0. The zero-order valence-electron chi connectivity index (χ0n) is 9.01. The number of nitriles is 1. The van der Waals surface area contributed by atoms with Crippen LogP contribution in [-0.2, 0) is 0 Å². The van der Waals surface area contributed by atoms with Crippen LogP contribution in [0, 0.1) is 16.7 Å². The molecule has 13 heavy (non-hydrogen) atoms. The van der Waals surface area contributed by atoms with Crippen molar-refractivity contribution in [3.05, 3.63) is 0 Å². The van der Waals surface area contributed by atoms with Crippen molar-refractivity contribution < 1.29 is 0 Å². The SMILES string of the molecule is CC(CC#N)N1CCCC(C)(C)C1. The van der Waals surface area contributed by atoms with Crippen LogP contribution in [0.15, 0.2) is 0 Å². The monoisotopic (exact) mass is 180 g/mol. The Morgan fingerprint density at radius 3 is 2.77 bits per heavy atom. The molecule has 1 aliphatic rings. The summed E-state index contributed by atoms with van der Waals surface area (Å²) in [4.78, 5) is 2.45. The van der Waals surface area contributed by atoms with Crippen molar-refractivity contribution in [3.63, 3.8) is 0 Å². The predicted octanol–water partition coefficient (Wildman–Crippen LogP) is 2.41. The second-order valence-electron chi connectivity index (χ2n) is 4.95. The zero-order valence-corrected chi connectivity index (χ0v) is 9.01. The summed E-state index contributed by atoms with van der Waals surface area (Å²) in [5.41, 5.74) is 0.446. The van der Waals surface area contributed by atoms with Gasteiger partial charge in [-0.3, -0.25) is 4.90 Å². The summed E-state index contributed by atoms with van der Waals surface area (Å²) >= 11 is 0. The minimum absolute atomic E-state index is 0.435. The van der Waals surface area contributed by atoms with Gasteiger partial charge in [0.05, 0.1) is 12.5 Å². The Morgan fingerprint density at radius 1 is 1.54 bits per heavy atom. The Bertz CT molecular complexity index is 203. The molecule has 0 N–H and O–H groups in total. The highest BCUT2D eigenvalue weighted by Gasteiger charge is 2.28. The van der Waals surface area contributed by atoms with Crippen LogP contribution < -0.4 is 0 Å². The average molecular weight is 180 g/mol. The van der Waals surface area contributed by atoms with Crippen molar-refractivity contribution in [3.8, 4) is 6.07 Å². The van der Waals surface area contributed by atoms with Gasteiger partial charge in [0.15, 0.2) is 0 Å². The summed E-state index contributed by atoms with van der Waals surface area (Å²) in [6.07, 6.45) is 3.27. The number of piperidine rings is 1. The molecule has 1 saturated heterocycles. The Hall–Kier alpha value is -0.550. The lowest BCUT2D eigenvalue weighted by molar-refractivity contribution is 0.0862. The molecular weight excluding hydrogens is 160 g/mol. The second-order valence-corrected chi connectivity index (χ2v) is 4.95. The summed E-state index contributed by atoms with van der Waals surface area (Å²) in [5, 5.41) is 8.62. The fraction of sp³-hybridized carbons (Fsp3) is 0.909. The van der Waals surface area contributed by atoms with E-state index in [1.807, 2.05) is 0 Å². The van der Waals surface area contributed by atoms with Crippen LogP contribution in [0.25, 0.3) is 0 Å². The molecule has 0 saturated carbocycles. The van der Waals surface area contributed by atoms with E-state index in [9.17, 15) is 0 Å². The molecule has 0 aliphatic carbocycles. The first-order valence-corrected chi connectivity index (χ1v) is 5.16. The van der Waals surface area contributed by atoms with E-state index < -0.39 is 0 Å². The lowest BCUT2D eigenvalue weighted by Gasteiger charge is -2.40. The summed E-state index contributed by atoms with van der Waals surface area (Å²) in [5.74, 6) is 0. The Morgan fingerprint density at radius 2 is 2.23 bits per heavy atom. The summed E-state index contributed by atoms with van der Waals surface area (Å²) in [7, 11) is 0. The van der Waals surface area contributed by atoms with Gasteiger partial charge in [0.1, 0.15) is 0 Å². The minimum Gasteiger partial charge on any atom is -0.299 e. The van der Waals surface area contributed by atoms with Gasteiger partial charge in [-0.1, -0.05) is 13.8 Å². The van der Waals surface area contributed by atoms with E-state index in [0.29, 0.717) is 17.9 Å². The topological polar surface area (TPSA) is 27.0 Å². The smallest absolute Gasteiger partial charge is 0.0638 e. The van der Waals surface area contributed by atoms with Crippen LogP contribution in [0.4, 0.5) is 0 Å². The normalized spacial score (nSPS) is 25.1. The second kappa shape index (κ2) is 4.11.